The molecule has 0 spiro atoms. The highest BCUT2D eigenvalue weighted by Crippen LogP contribution is 2.28. The molecule has 2 rings (SSSR count). The van der Waals surface area contributed by atoms with Crippen LogP contribution < -0.4 is 16.0 Å². The van der Waals surface area contributed by atoms with Crippen LogP contribution in [0.4, 0.5) is 0 Å². The molecule has 22 heavy (non-hydrogen) atoms. The summed E-state index contributed by atoms with van der Waals surface area (Å²) in [5.74, 6) is -1.80. The van der Waals surface area contributed by atoms with Crippen LogP contribution in [0.25, 0.3) is 0 Å². The van der Waals surface area contributed by atoms with E-state index in [0.29, 0.717) is 0 Å². The topological polar surface area (TPSA) is 171 Å². The van der Waals surface area contributed by atoms with Gasteiger partial charge in [0.1, 0.15) is 18.3 Å². The Balaban J connectivity index is 2.35. The Hall–Kier alpha value is -2.21. The van der Waals surface area contributed by atoms with Crippen LogP contribution in [-0.2, 0) is 9.53 Å². The number of carboxylic acids is 1. The smallest absolute Gasteiger partial charge is 0.341 e. The predicted octanol–water partition coefficient (Wildman–Crippen LogP) is -3.39. The first kappa shape index (κ1) is 16.2. The number of rotatable bonds is 5. The summed E-state index contributed by atoms with van der Waals surface area (Å²) in [7, 11) is 0. The highest BCUT2D eigenvalue weighted by Gasteiger charge is 2.43. The monoisotopic (exact) mass is 318 g/mol. The molecule has 1 unspecified atom stereocenters. The molecule has 1 aliphatic rings. The van der Waals surface area contributed by atoms with Crippen LogP contribution in [0.2, 0.25) is 0 Å². The first-order valence-electron chi connectivity index (χ1n) is 6.17. The van der Waals surface area contributed by atoms with Gasteiger partial charge in [0.25, 0.3) is 5.56 Å². The number of aromatic amines is 1. The molecule has 1 saturated heterocycles. The Bertz CT molecular complexity index is 666. The lowest BCUT2D eigenvalue weighted by Gasteiger charge is -2.17. The van der Waals surface area contributed by atoms with E-state index in [1.54, 1.807) is 0 Å². The number of aliphatic carboxylic acids is 1. The van der Waals surface area contributed by atoms with E-state index in [1.165, 1.54) is 0 Å². The Morgan fingerprint density at radius 3 is 2.59 bits per heavy atom. The Morgan fingerprint density at radius 1 is 1.36 bits per heavy atom. The number of hydrogen-bond donors (Lipinski definition) is 5. The van der Waals surface area contributed by atoms with Gasteiger partial charge in [0.05, 0.1) is 12.8 Å². The average Bonchev–Trinajstić information content (AvgIpc) is 2.74. The molecule has 0 aromatic carbocycles. The second-order valence-electron chi connectivity index (χ2n) is 4.57. The van der Waals surface area contributed by atoms with Gasteiger partial charge in [-0.2, -0.15) is 0 Å². The van der Waals surface area contributed by atoms with E-state index >= 15 is 0 Å². The van der Waals surface area contributed by atoms with E-state index < -0.39 is 60.7 Å². The highest BCUT2D eigenvalue weighted by atomic mass is 16.6. The minimum atomic E-state index is -1.53. The van der Waals surface area contributed by atoms with Gasteiger partial charge in [-0.25, -0.2) is 9.59 Å². The third-order valence-electron chi connectivity index (χ3n) is 3.08. The van der Waals surface area contributed by atoms with Gasteiger partial charge in [-0.3, -0.25) is 14.3 Å². The zero-order valence-corrected chi connectivity index (χ0v) is 11.1. The molecule has 11 heteroatoms. The molecule has 1 aromatic heterocycles. The van der Waals surface area contributed by atoms with Gasteiger partial charge in [-0.05, 0) is 0 Å². The molecular formula is C11H14N2O9. The summed E-state index contributed by atoms with van der Waals surface area (Å²) in [5, 5.41) is 37.0. The lowest BCUT2D eigenvalue weighted by atomic mass is 10.1. The number of nitrogens with zero attached hydrogens (tertiary/aromatic N) is 1. The molecule has 1 aliphatic heterocycles. The van der Waals surface area contributed by atoms with Crippen LogP contribution >= 0.6 is 0 Å². The molecule has 1 aromatic rings. The maximum Gasteiger partial charge on any atom is 0.341 e. The Kier molecular flexibility index (Phi) is 4.61. The summed E-state index contributed by atoms with van der Waals surface area (Å²) < 4.78 is 10.6. The van der Waals surface area contributed by atoms with Gasteiger partial charge < -0.3 is 29.9 Å². The van der Waals surface area contributed by atoms with Crippen LogP contribution in [-0.4, -0.2) is 67.5 Å². The van der Waals surface area contributed by atoms with Crippen molar-refractivity contribution in [2.45, 2.75) is 24.5 Å². The minimum absolute atomic E-state index is 0.472. The van der Waals surface area contributed by atoms with Crippen molar-refractivity contribution in [1.29, 1.82) is 0 Å². The van der Waals surface area contributed by atoms with Gasteiger partial charge in [0.15, 0.2) is 12.8 Å². The molecule has 5 N–H and O–H groups in total. The van der Waals surface area contributed by atoms with E-state index in [1.807, 2.05) is 4.98 Å². The van der Waals surface area contributed by atoms with Crippen molar-refractivity contribution in [3.8, 4) is 5.75 Å². The van der Waals surface area contributed by atoms with Crippen molar-refractivity contribution in [2.24, 2.45) is 0 Å². The molecule has 2 heterocycles. The number of H-pyrrole nitrogens is 1. The second kappa shape index (κ2) is 6.27. The number of aliphatic hydroxyl groups excluding tert-OH is 3. The van der Waals surface area contributed by atoms with Crippen molar-refractivity contribution >= 4 is 5.97 Å². The summed E-state index contributed by atoms with van der Waals surface area (Å²) >= 11 is 0. The largest absolute Gasteiger partial charge is 0.479 e. The van der Waals surface area contributed by atoms with Crippen LogP contribution in [0, 0.1) is 0 Å². The normalized spacial score (nSPS) is 27.8. The quantitative estimate of drug-likeness (QED) is 0.371. The minimum Gasteiger partial charge on any atom is -0.479 e. The number of nitrogens with one attached hydrogen (secondary N) is 1. The molecule has 0 aliphatic carbocycles. The first-order chi connectivity index (χ1) is 10.3. The summed E-state index contributed by atoms with van der Waals surface area (Å²) in [6, 6.07) is 0. The standard InChI is InChI=1S/C11H14N2O9/c14-2-5-7(17)8(18)10(22-5)13-1-4(21-3-6(15)16)9(19)12-11(13)20/h1,5,7-8,10,14,17-18H,2-3H2,(H,15,16)(H,12,19,20)/t5-,7?,8+,10-/m1/s1. The van der Waals surface area contributed by atoms with E-state index in [0.717, 1.165) is 10.8 Å². The van der Waals surface area contributed by atoms with E-state index in [-0.39, 0.29) is 0 Å². The third-order valence-corrected chi connectivity index (χ3v) is 3.08. The zero-order valence-electron chi connectivity index (χ0n) is 11.1. The lowest BCUT2D eigenvalue weighted by Crippen LogP contribution is -2.38. The fraction of sp³-hybridized carbons (Fsp3) is 0.545. The second-order valence-corrected chi connectivity index (χ2v) is 4.57. The zero-order chi connectivity index (χ0) is 16.4. The van der Waals surface area contributed by atoms with Crippen molar-refractivity contribution in [3.63, 3.8) is 0 Å². The van der Waals surface area contributed by atoms with Crippen molar-refractivity contribution in [2.75, 3.05) is 13.2 Å². The summed E-state index contributed by atoms with van der Waals surface area (Å²) in [6.45, 7) is -1.40. The molecule has 122 valence electrons. The van der Waals surface area contributed by atoms with Gasteiger partial charge in [-0.1, -0.05) is 0 Å². The van der Waals surface area contributed by atoms with Crippen LogP contribution in [0.15, 0.2) is 15.8 Å². The van der Waals surface area contributed by atoms with E-state index in [4.69, 9.17) is 19.7 Å². The molecular weight excluding hydrogens is 304 g/mol. The summed E-state index contributed by atoms with van der Waals surface area (Å²) in [6.07, 6.45) is -4.58. The molecule has 4 atom stereocenters. The molecule has 0 amide bonds. The van der Waals surface area contributed by atoms with Crippen LogP contribution in [0.3, 0.4) is 0 Å². The number of aliphatic hydroxyl groups is 3. The first-order valence-corrected chi connectivity index (χ1v) is 6.17. The number of carbonyl (C=O) groups is 1. The maximum atomic E-state index is 11.8. The molecule has 11 nitrogen and oxygen atoms in total. The molecule has 0 radical (unpaired) electrons. The number of hydrogen-bond acceptors (Lipinski definition) is 8. The highest BCUT2D eigenvalue weighted by molar-refractivity contribution is 5.68. The number of carboxylic acid groups (broad SMARTS) is 1. The van der Waals surface area contributed by atoms with Crippen molar-refractivity contribution < 1.29 is 34.7 Å². The average molecular weight is 318 g/mol. The van der Waals surface area contributed by atoms with Gasteiger partial charge in [0.2, 0.25) is 5.75 Å². The number of ether oxygens (including phenoxy) is 2. The number of aromatic nitrogens is 2. The fourth-order valence-corrected chi connectivity index (χ4v) is 2.01. The molecule has 0 bridgehead atoms. The fourth-order valence-electron chi connectivity index (χ4n) is 2.01. The molecule has 1 fully saturated rings. The van der Waals surface area contributed by atoms with E-state index in [2.05, 4.69) is 0 Å². The van der Waals surface area contributed by atoms with Crippen LogP contribution in [0.1, 0.15) is 6.23 Å². The van der Waals surface area contributed by atoms with Gasteiger partial charge >= 0.3 is 11.7 Å². The Morgan fingerprint density at radius 2 is 2.05 bits per heavy atom. The lowest BCUT2D eigenvalue weighted by molar-refractivity contribution is -0.139. The Labute approximate surface area is 122 Å². The summed E-state index contributed by atoms with van der Waals surface area (Å²) in [4.78, 5) is 35.6. The van der Waals surface area contributed by atoms with Crippen molar-refractivity contribution in [3.05, 3.63) is 27.0 Å². The van der Waals surface area contributed by atoms with Crippen molar-refractivity contribution in [1.82, 2.24) is 9.55 Å². The van der Waals surface area contributed by atoms with Crippen LogP contribution in [0.5, 0.6) is 5.75 Å². The van der Waals surface area contributed by atoms with Gasteiger partial charge in [0, 0.05) is 0 Å². The molecule has 0 saturated carbocycles. The van der Waals surface area contributed by atoms with Gasteiger partial charge in [-0.15, -0.1) is 0 Å². The van der Waals surface area contributed by atoms with E-state index in [9.17, 15) is 24.6 Å². The SMILES string of the molecule is O=C(O)COc1cn([C@@H]2O[C@H](CO)C(O)[C@@H]2O)c(=O)[nH]c1=O. The summed E-state index contributed by atoms with van der Waals surface area (Å²) in [5.41, 5.74) is -1.91. The maximum absolute atomic E-state index is 11.8. The predicted molar refractivity (Wildman–Crippen MR) is 67.5 cm³/mol. The third kappa shape index (κ3) is 3.01.